The Labute approximate surface area is 110 Å². The van der Waals surface area contributed by atoms with Crippen LogP contribution in [0.15, 0.2) is 12.1 Å². The van der Waals surface area contributed by atoms with Crippen LogP contribution in [0.4, 0.5) is 11.5 Å². The molecule has 1 fully saturated rings. The number of methoxy groups -OCH3 is 1. The molecule has 7 heteroatoms. The Morgan fingerprint density at radius 3 is 2.84 bits per heavy atom. The fraction of sp³-hybridized carbons (Fsp3) is 0.583. The summed E-state index contributed by atoms with van der Waals surface area (Å²) in [7, 11) is 1.66. The average Bonchev–Trinajstić information content (AvgIpc) is 2.38. The third-order valence-electron chi connectivity index (χ3n) is 3.25. The third kappa shape index (κ3) is 3.31. The number of rotatable bonds is 4. The molecule has 1 aliphatic carbocycles. The van der Waals surface area contributed by atoms with E-state index in [0.29, 0.717) is 6.42 Å². The molecule has 19 heavy (non-hydrogen) atoms. The number of ether oxygens (including phenoxy) is 2. The van der Waals surface area contributed by atoms with Gasteiger partial charge in [-0.15, -0.1) is 0 Å². The van der Waals surface area contributed by atoms with Gasteiger partial charge in [-0.2, -0.15) is 4.98 Å². The zero-order valence-electron chi connectivity index (χ0n) is 10.7. The molecule has 1 heterocycles. The van der Waals surface area contributed by atoms with Gasteiger partial charge in [0, 0.05) is 19.6 Å². The van der Waals surface area contributed by atoms with E-state index in [2.05, 4.69) is 4.98 Å². The summed E-state index contributed by atoms with van der Waals surface area (Å²) >= 11 is 0. The molecule has 2 N–H and O–H groups in total. The van der Waals surface area contributed by atoms with Crippen LogP contribution in [-0.2, 0) is 4.74 Å². The van der Waals surface area contributed by atoms with Crippen LogP contribution in [0.3, 0.4) is 0 Å². The van der Waals surface area contributed by atoms with Gasteiger partial charge in [-0.3, -0.25) is 10.1 Å². The van der Waals surface area contributed by atoms with Crippen LogP contribution >= 0.6 is 0 Å². The van der Waals surface area contributed by atoms with Crippen molar-refractivity contribution in [1.82, 2.24) is 4.98 Å². The number of hydrogen-bond acceptors (Lipinski definition) is 6. The van der Waals surface area contributed by atoms with E-state index < -0.39 is 4.92 Å². The van der Waals surface area contributed by atoms with E-state index >= 15 is 0 Å². The summed E-state index contributed by atoms with van der Waals surface area (Å²) in [5.41, 5.74) is 5.39. The molecule has 1 saturated carbocycles. The summed E-state index contributed by atoms with van der Waals surface area (Å²) in [5.74, 6) is 0.200. The van der Waals surface area contributed by atoms with Crippen LogP contribution in [0.5, 0.6) is 5.88 Å². The second-order valence-electron chi connectivity index (χ2n) is 4.58. The van der Waals surface area contributed by atoms with Gasteiger partial charge in [0.15, 0.2) is 0 Å². The smallest absolute Gasteiger partial charge is 0.331 e. The van der Waals surface area contributed by atoms with Gasteiger partial charge in [0.05, 0.1) is 11.0 Å². The molecule has 0 aromatic carbocycles. The summed E-state index contributed by atoms with van der Waals surface area (Å²) in [5, 5.41) is 10.9. The van der Waals surface area contributed by atoms with E-state index in [1.165, 1.54) is 12.1 Å². The van der Waals surface area contributed by atoms with Gasteiger partial charge in [0.1, 0.15) is 11.9 Å². The third-order valence-corrected chi connectivity index (χ3v) is 3.25. The first-order valence-electron chi connectivity index (χ1n) is 6.20. The Morgan fingerprint density at radius 1 is 1.42 bits per heavy atom. The number of nitrogens with two attached hydrogens (primary N) is 1. The van der Waals surface area contributed by atoms with E-state index in [0.717, 1.165) is 19.3 Å². The van der Waals surface area contributed by atoms with Gasteiger partial charge in [-0.05, 0) is 25.3 Å². The molecule has 1 aromatic heterocycles. The van der Waals surface area contributed by atoms with Crippen molar-refractivity contribution in [2.45, 2.75) is 37.9 Å². The predicted molar refractivity (Wildman–Crippen MR) is 69.0 cm³/mol. The molecule has 2 atom stereocenters. The zero-order chi connectivity index (χ0) is 13.8. The standard InChI is InChI=1S/C12H17N3O4/c1-18-8-3-2-4-9(7-8)19-12-10(15(16)17)5-6-11(13)14-12/h5-6,8-9H,2-4,7H2,1H3,(H2,13,14). The molecule has 0 amide bonds. The summed E-state index contributed by atoms with van der Waals surface area (Å²) < 4.78 is 10.9. The number of nitrogen functional groups attached to an aromatic ring is 1. The van der Waals surface area contributed by atoms with Crippen LogP contribution in [0.2, 0.25) is 0 Å². The zero-order valence-corrected chi connectivity index (χ0v) is 10.7. The van der Waals surface area contributed by atoms with Crippen molar-refractivity contribution >= 4 is 11.5 Å². The maximum absolute atomic E-state index is 10.9. The van der Waals surface area contributed by atoms with Gasteiger partial charge in [-0.1, -0.05) is 0 Å². The minimum absolute atomic E-state index is 0.00764. The molecule has 2 rings (SSSR count). The van der Waals surface area contributed by atoms with E-state index in [1.54, 1.807) is 7.11 Å². The topological polar surface area (TPSA) is 101 Å². The van der Waals surface area contributed by atoms with Gasteiger partial charge in [-0.25, -0.2) is 0 Å². The SMILES string of the molecule is COC1CCCC(Oc2nc(N)ccc2[N+](=O)[O-])C1. The highest BCUT2D eigenvalue weighted by atomic mass is 16.6. The molecule has 0 radical (unpaired) electrons. The second-order valence-corrected chi connectivity index (χ2v) is 4.58. The summed E-state index contributed by atoms with van der Waals surface area (Å²) in [6, 6.07) is 2.71. The Morgan fingerprint density at radius 2 is 2.16 bits per heavy atom. The fourth-order valence-corrected chi connectivity index (χ4v) is 2.25. The van der Waals surface area contributed by atoms with Crippen LogP contribution in [0.1, 0.15) is 25.7 Å². The van der Waals surface area contributed by atoms with Crippen LogP contribution in [0, 0.1) is 10.1 Å². The maximum Gasteiger partial charge on any atom is 0.331 e. The predicted octanol–water partition coefficient (Wildman–Crippen LogP) is 1.91. The van der Waals surface area contributed by atoms with E-state index in [4.69, 9.17) is 15.2 Å². The van der Waals surface area contributed by atoms with Gasteiger partial charge < -0.3 is 15.2 Å². The first-order chi connectivity index (χ1) is 9.10. The molecule has 1 aromatic rings. The van der Waals surface area contributed by atoms with Crippen molar-refractivity contribution in [1.29, 1.82) is 0 Å². The number of anilines is 1. The lowest BCUT2D eigenvalue weighted by molar-refractivity contribution is -0.386. The van der Waals surface area contributed by atoms with E-state index in [-0.39, 0.29) is 29.6 Å². The molecular formula is C12H17N3O4. The quantitative estimate of drug-likeness (QED) is 0.660. The number of hydrogen-bond donors (Lipinski definition) is 1. The molecule has 0 saturated heterocycles. The van der Waals surface area contributed by atoms with Gasteiger partial charge in [0.2, 0.25) is 0 Å². The van der Waals surface area contributed by atoms with Gasteiger partial charge >= 0.3 is 5.69 Å². The molecule has 104 valence electrons. The van der Waals surface area contributed by atoms with Crippen molar-refractivity contribution in [3.05, 3.63) is 22.2 Å². The number of aromatic nitrogens is 1. The van der Waals surface area contributed by atoms with Crippen molar-refractivity contribution in [3.63, 3.8) is 0 Å². The number of nitro groups is 1. The normalized spacial score (nSPS) is 23.0. The number of pyridine rings is 1. The van der Waals surface area contributed by atoms with Crippen LogP contribution < -0.4 is 10.5 Å². The van der Waals surface area contributed by atoms with Crippen molar-refractivity contribution in [2.75, 3.05) is 12.8 Å². The van der Waals surface area contributed by atoms with Crippen LogP contribution in [0.25, 0.3) is 0 Å². The minimum atomic E-state index is -0.515. The lowest BCUT2D eigenvalue weighted by Gasteiger charge is -2.28. The summed E-state index contributed by atoms with van der Waals surface area (Å²) in [4.78, 5) is 14.3. The lowest BCUT2D eigenvalue weighted by atomic mass is 9.95. The second kappa shape index (κ2) is 5.83. The Hall–Kier alpha value is -1.89. The average molecular weight is 267 g/mol. The highest BCUT2D eigenvalue weighted by molar-refractivity contribution is 5.47. The lowest BCUT2D eigenvalue weighted by Crippen LogP contribution is -2.30. The highest BCUT2D eigenvalue weighted by Crippen LogP contribution is 2.30. The molecule has 7 nitrogen and oxygen atoms in total. The molecule has 1 aliphatic rings. The first-order valence-corrected chi connectivity index (χ1v) is 6.20. The van der Waals surface area contributed by atoms with Gasteiger partial charge in [0.25, 0.3) is 5.88 Å². The van der Waals surface area contributed by atoms with Crippen molar-refractivity contribution < 1.29 is 14.4 Å². The molecule has 0 aliphatic heterocycles. The summed E-state index contributed by atoms with van der Waals surface area (Å²) in [6.45, 7) is 0. The number of nitrogens with zero attached hydrogens (tertiary/aromatic N) is 2. The van der Waals surface area contributed by atoms with Crippen LogP contribution in [-0.4, -0.2) is 29.2 Å². The molecule has 0 spiro atoms. The molecular weight excluding hydrogens is 250 g/mol. The minimum Gasteiger partial charge on any atom is -0.469 e. The largest absolute Gasteiger partial charge is 0.469 e. The molecule has 0 bridgehead atoms. The summed E-state index contributed by atoms with van der Waals surface area (Å²) in [6.07, 6.45) is 3.53. The Bertz CT molecular complexity index is 466. The van der Waals surface area contributed by atoms with E-state index in [1.807, 2.05) is 0 Å². The van der Waals surface area contributed by atoms with Crippen molar-refractivity contribution in [2.24, 2.45) is 0 Å². The Balaban J connectivity index is 2.13. The first kappa shape index (κ1) is 13.5. The highest BCUT2D eigenvalue weighted by Gasteiger charge is 2.26. The maximum atomic E-state index is 10.9. The fourth-order valence-electron chi connectivity index (χ4n) is 2.25. The van der Waals surface area contributed by atoms with E-state index in [9.17, 15) is 10.1 Å². The van der Waals surface area contributed by atoms with Crippen molar-refractivity contribution in [3.8, 4) is 5.88 Å². The monoisotopic (exact) mass is 267 g/mol. The molecule has 2 unspecified atom stereocenters. The Kier molecular flexibility index (Phi) is 4.16.